The zero-order chi connectivity index (χ0) is 22.7. The number of amidine groups is 1. The monoisotopic (exact) mass is 484 g/mol. The fourth-order valence-corrected chi connectivity index (χ4v) is 4.24. The number of amides is 1. The molecular formula is C24H15Cl2FN2O2S. The van der Waals surface area contributed by atoms with Crippen LogP contribution in [0.15, 0.2) is 83.5 Å². The highest BCUT2D eigenvalue weighted by molar-refractivity contribution is 8.14. The van der Waals surface area contributed by atoms with E-state index in [1.165, 1.54) is 23.1 Å². The smallest absolute Gasteiger partial charge is 0.283 e. The van der Waals surface area contributed by atoms with Crippen LogP contribution in [0.2, 0.25) is 10.0 Å². The van der Waals surface area contributed by atoms with Crippen molar-refractivity contribution in [3.05, 3.63) is 105 Å². The van der Waals surface area contributed by atoms with Gasteiger partial charge in [0.05, 0.1) is 21.5 Å². The topological polar surface area (TPSA) is 49.7 Å². The summed E-state index contributed by atoms with van der Waals surface area (Å²) in [6.45, 7) is 0. The molecule has 0 aromatic heterocycles. The molecular weight excluding hydrogens is 470 g/mol. The Balaban J connectivity index is 1.67. The molecule has 160 valence electrons. The highest BCUT2D eigenvalue weighted by Gasteiger charge is 2.34. The van der Waals surface area contributed by atoms with Crippen LogP contribution in [-0.2, 0) is 4.79 Å². The summed E-state index contributed by atoms with van der Waals surface area (Å²) in [5.41, 5.74) is 1.33. The molecule has 32 heavy (non-hydrogen) atoms. The van der Waals surface area contributed by atoms with Gasteiger partial charge in [-0.15, -0.1) is 0 Å². The van der Waals surface area contributed by atoms with Gasteiger partial charge in [-0.3, -0.25) is 14.5 Å². The fourth-order valence-electron chi connectivity index (χ4n) is 3.04. The van der Waals surface area contributed by atoms with Crippen LogP contribution in [-0.4, -0.2) is 22.6 Å². The number of para-hydroxylation sites is 1. The van der Waals surface area contributed by atoms with E-state index in [0.29, 0.717) is 21.2 Å². The van der Waals surface area contributed by atoms with Crippen LogP contribution in [0.4, 0.5) is 10.1 Å². The van der Waals surface area contributed by atoms with E-state index in [4.69, 9.17) is 23.2 Å². The van der Waals surface area contributed by atoms with Crippen molar-refractivity contribution < 1.29 is 14.0 Å². The van der Waals surface area contributed by atoms with Crippen molar-refractivity contribution in [2.45, 2.75) is 0 Å². The third-order valence-corrected chi connectivity index (χ3v) is 6.28. The maximum atomic E-state index is 14.5. The van der Waals surface area contributed by atoms with E-state index in [9.17, 15) is 14.0 Å². The zero-order valence-corrected chi connectivity index (χ0v) is 18.8. The van der Waals surface area contributed by atoms with Gasteiger partial charge in [0.25, 0.3) is 5.91 Å². The molecule has 1 amide bonds. The molecule has 1 aliphatic rings. The third kappa shape index (κ3) is 4.78. The first-order valence-electron chi connectivity index (χ1n) is 9.49. The number of nitrogens with zero attached hydrogens (tertiary/aromatic N) is 2. The Kier molecular flexibility index (Phi) is 6.74. The van der Waals surface area contributed by atoms with Crippen molar-refractivity contribution in [1.82, 2.24) is 0 Å². The number of ketones is 1. The van der Waals surface area contributed by atoms with Gasteiger partial charge in [0.2, 0.25) is 0 Å². The summed E-state index contributed by atoms with van der Waals surface area (Å²) in [6, 6.07) is 19.6. The molecule has 4 rings (SSSR count). The number of halogens is 3. The van der Waals surface area contributed by atoms with Crippen LogP contribution in [0.1, 0.15) is 15.9 Å². The summed E-state index contributed by atoms with van der Waals surface area (Å²) >= 11 is 13.1. The van der Waals surface area contributed by atoms with Gasteiger partial charge < -0.3 is 0 Å². The molecule has 1 heterocycles. The number of thioether (sulfide) groups is 1. The van der Waals surface area contributed by atoms with Gasteiger partial charge in [-0.2, -0.15) is 0 Å². The summed E-state index contributed by atoms with van der Waals surface area (Å²) in [4.78, 5) is 31.3. The lowest BCUT2D eigenvalue weighted by Gasteiger charge is -2.18. The molecule has 4 nitrogen and oxygen atoms in total. The number of hydrogen-bond acceptors (Lipinski definition) is 4. The number of carbonyl (C=O) groups is 2. The number of rotatable bonds is 5. The minimum absolute atomic E-state index is 0.0428. The largest absolute Gasteiger partial charge is 0.293 e. The third-order valence-electron chi connectivity index (χ3n) is 4.60. The van der Waals surface area contributed by atoms with Crippen LogP contribution >= 0.6 is 35.0 Å². The lowest BCUT2D eigenvalue weighted by atomic mass is 10.2. The summed E-state index contributed by atoms with van der Waals surface area (Å²) in [5.74, 6) is -1.16. The fraction of sp³-hybridized carbons (Fsp3) is 0.0417. The Labute approximate surface area is 198 Å². The number of carbonyl (C=O) groups excluding carboxylic acids is 2. The normalized spacial score (nSPS) is 14.7. The SMILES string of the molecule is O=C(CSC1=N/C(=C\c2ccc(Cl)c(Cl)c2)C(=O)N1c1ccccc1F)c1ccccc1. The van der Waals surface area contributed by atoms with E-state index < -0.39 is 11.7 Å². The van der Waals surface area contributed by atoms with Crippen LogP contribution in [0.5, 0.6) is 0 Å². The predicted octanol–water partition coefficient (Wildman–Crippen LogP) is 6.49. The van der Waals surface area contributed by atoms with E-state index in [2.05, 4.69) is 4.99 Å². The second-order valence-corrected chi connectivity index (χ2v) is 8.52. The molecule has 0 saturated heterocycles. The second kappa shape index (κ2) is 9.69. The Morgan fingerprint density at radius 3 is 2.44 bits per heavy atom. The number of benzene rings is 3. The first kappa shape index (κ1) is 22.3. The van der Waals surface area contributed by atoms with Crippen molar-refractivity contribution in [3.63, 3.8) is 0 Å². The van der Waals surface area contributed by atoms with Crippen LogP contribution < -0.4 is 4.90 Å². The summed E-state index contributed by atoms with van der Waals surface area (Å²) in [6.07, 6.45) is 1.55. The van der Waals surface area contributed by atoms with E-state index in [-0.39, 0.29) is 28.1 Å². The molecule has 0 bridgehead atoms. The van der Waals surface area contributed by atoms with Gasteiger partial charge in [-0.1, -0.05) is 83.5 Å². The minimum Gasteiger partial charge on any atom is -0.293 e. The van der Waals surface area contributed by atoms with Gasteiger partial charge in [-0.25, -0.2) is 9.38 Å². The van der Waals surface area contributed by atoms with E-state index >= 15 is 0 Å². The molecule has 0 saturated carbocycles. The van der Waals surface area contributed by atoms with E-state index in [1.807, 2.05) is 6.07 Å². The number of aliphatic imine (C=N–C) groups is 1. The molecule has 0 radical (unpaired) electrons. The molecule has 3 aromatic carbocycles. The average molecular weight is 485 g/mol. The molecule has 0 N–H and O–H groups in total. The molecule has 0 spiro atoms. The predicted molar refractivity (Wildman–Crippen MR) is 129 cm³/mol. The molecule has 0 aliphatic carbocycles. The lowest BCUT2D eigenvalue weighted by molar-refractivity contribution is -0.113. The lowest BCUT2D eigenvalue weighted by Crippen LogP contribution is -2.31. The number of Topliss-reactive ketones (excluding diaryl/α,β-unsaturated/α-hetero) is 1. The number of hydrogen-bond donors (Lipinski definition) is 0. The van der Waals surface area contributed by atoms with Gasteiger partial charge in [-0.05, 0) is 35.9 Å². The molecule has 0 atom stereocenters. The molecule has 8 heteroatoms. The Hall–Kier alpha value is -2.93. The van der Waals surface area contributed by atoms with E-state index in [0.717, 1.165) is 11.8 Å². The molecule has 0 fully saturated rings. The zero-order valence-electron chi connectivity index (χ0n) is 16.5. The van der Waals surface area contributed by atoms with Gasteiger partial charge >= 0.3 is 0 Å². The minimum atomic E-state index is -0.570. The van der Waals surface area contributed by atoms with Gasteiger partial charge in [0.1, 0.15) is 11.5 Å². The first-order valence-corrected chi connectivity index (χ1v) is 11.2. The summed E-state index contributed by atoms with van der Waals surface area (Å²) in [7, 11) is 0. The van der Waals surface area contributed by atoms with Crippen molar-refractivity contribution in [2.75, 3.05) is 10.7 Å². The standard InChI is InChI=1S/C24H15Cl2FN2O2S/c25-17-11-10-15(12-18(17)26)13-20-23(31)29(21-9-5-4-8-19(21)27)24(28-20)32-14-22(30)16-6-2-1-3-7-16/h1-13H,14H2/b20-13-. The Morgan fingerprint density at radius 1 is 1.00 bits per heavy atom. The average Bonchev–Trinajstić information content (AvgIpc) is 3.10. The first-order chi connectivity index (χ1) is 15.4. The van der Waals surface area contributed by atoms with Crippen LogP contribution in [0.3, 0.4) is 0 Å². The van der Waals surface area contributed by atoms with Crippen LogP contribution in [0.25, 0.3) is 6.08 Å². The number of anilines is 1. The molecule has 3 aromatic rings. The van der Waals surface area contributed by atoms with Gasteiger partial charge in [0.15, 0.2) is 11.0 Å². The molecule has 0 unspecified atom stereocenters. The van der Waals surface area contributed by atoms with Crippen molar-refractivity contribution in [3.8, 4) is 0 Å². The maximum absolute atomic E-state index is 14.5. The van der Waals surface area contributed by atoms with Crippen LogP contribution in [0, 0.1) is 5.82 Å². The Bertz CT molecular complexity index is 1260. The van der Waals surface area contributed by atoms with Crippen molar-refractivity contribution >= 4 is 63.6 Å². The van der Waals surface area contributed by atoms with E-state index in [1.54, 1.807) is 54.6 Å². The molecule has 1 aliphatic heterocycles. The highest BCUT2D eigenvalue weighted by Crippen LogP contribution is 2.32. The quantitative estimate of drug-likeness (QED) is 0.307. The summed E-state index contributed by atoms with van der Waals surface area (Å²) in [5, 5.41) is 0.943. The van der Waals surface area contributed by atoms with Gasteiger partial charge in [0, 0.05) is 5.56 Å². The second-order valence-electron chi connectivity index (χ2n) is 6.77. The maximum Gasteiger partial charge on any atom is 0.283 e. The Morgan fingerprint density at radius 2 is 1.72 bits per heavy atom. The summed E-state index contributed by atoms with van der Waals surface area (Å²) < 4.78 is 14.5. The van der Waals surface area contributed by atoms with Crippen molar-refractivity contribution in [1.29, 1.82) is 0 Å². The van der Waals surface area contributed by atoms with Crippen molar-refractivity contribution in [2.24, 2.45) is 4.99 Å². The highest BCUT2D eigenvalue weighted by atomic mass is 35.5.